The molecular formula is C17H18N2O3. The Morgan fingerprint density at radius 2 is 2.05 bits per heavy atom. The second-order valence-corrected chi connectivity index (χ2v) is 4.85. The Kier molecular flexibility index (Phi) is 5.34. The minimum absolute atomic E-state index is 0.105. The highest BCUT2D eigenvalue weighted by molar-refractivity contribution is 6.05. The van der Waals surface area contributed by atoms with Crippen molar-refractivity contribution in [2.45, 2.75) is 12.8 Å². The summed E-state index contributed by atoms with van der Waals surface area (Å²) in [6.07, 6.45) is 1.34. The molecule has 0 unspecified atom stereocenters. The van der Waals surface area contributed by atoms with Crippen molar-refractivity contribution < 1.29 is 14.6 Å². The van der Waals surface area contributed by atoms with Crippen molar-refractivity contribution in [2.24, 2.45) is 0 Å². The van der Waals surface area contributed by atoms with E-state index in [1.165, 1.54) is 7.11 Å². The van der Waals surface area contributed by atoms with Gasteiger partial charge in [0.15, 0.2) is 0 Å². The van der Waals surface area contributed by atoms with Crippen LogP contribution in [0.3, 0.4) is 0 Å². The van der Waals surface area contributed by atoms with E-state index in [1.54, 1.807) is 6.07 Å². The van der Waals surface area contributed by atoms with E-state index >= 15 is 0 Å². The van der Waals surface area contributed by atoms with Crippen molar-refractivity contribution in [3.63, 3.8) is 0 Å². The van der Waals surface area contributed by atoms with Crippen LogP contribution in [0.4, 0.5) is 0 Å². The lowest BCUT2D eigenvalue weighted by atomic mass is 9.99. The molecule has 0 saturated carbocycles. The number of benzene rings is 2. The van der Waals surface area contributed by atoms with Gasteiger partial charge in [0, 0.05) is 23.9 Å². The van der Waals surface area contributed by atoms with Crippen molar-refractivity contribution in [3.05, 3.63) is 41.5 Å². The topological polar surface area (TPSA) is 82.3 Å². The number of amides is 1. The van der Waals surface area contributed by atoms with Gasteiger partial charge >= 0.3 is 0 Å². The number of hydrogen-bond acceptors (Lipinski definition) is 4. The summed E-state index contributed by atoms with van der Waals surface area (Å²) in [4.78, 5) is 12.3. The smallest absolute Gasteiger partial charge is 0.255 e. The van der Waals surface area contributed by atoms with Crippen LogP contribution in [-0.4, -0.2) is 31.3 Å². The first-order valence-corrected chi connectivity index (χ1v) is 7.11. The number of carbonyl (C=O) groups excluding carboxylic acids is 1. The molecule has 0 atom stereocenters. The minimum Gasteiger partial charge on any atom is -0.495 e. The van der Waals surface area contributed by atoms with Crippen LogP contribution in [0, 0.1) is 11.3 Å². The summed E-state index contributed by atoms with van der Waals surface area (Å²) in [7, 11) is 1.51. The number of aliphatic hydroxyl groups is 1. The first kappa shape index (κ1) is 15.8. The fourth-order valence-corrected chi connectivity index (χ4v) is 2.36. The number of aliphatic hydroxyl groups excluding tert-OH is 1. The van der Waals surface area contributed by atoms with Gasteiger partial charge in [0.2, 0.25) is 0 Å². The van der Waals surface area contributed by atoms with Crippen LogP contribution in [-0.2, 0) is 0 Å². The monoisotopic (exact) mass is 298 g/mol. The number of carbonyl (C=O) groups is 1. The molecule has 114 valence electrons. The fourth-order valence-electron chi connectivity index (χ4n) is 2.36. The van der Waals surface area contributed by atoms with Crippen LogP contribution >= 0.6 is 0 Å². The number of fused-ring (bicyclic) bond motifs is 1. The molecular weight excluding hydrogens is 280 g/mol. The quantitative estimate of drug-likeness (QED) is 0.801. The number of nitrogens with zero attached hydrogens (tertiary/aromatic N) is 1. The zero-order chi connectivity index (χ0) is 15.9. The van der Waals surface area contributed by atoms with Gasteiger partial charge in [-0.1, -0.05) is 24.3 Å². The van der Waals surface area contributed by atoms with Gasteiger partial charge in [0.1, 0.15) is 5.75 Å². The molecule has 2 rings (SSSR count). The molecule has 2 N–H and O–H groups in total. The van der Waals surface area contributed by atoms with Crippen LogP contribution in [0.25, 0.3) is 10.8 Å². The highest BCUT2D eigenvalue weighted by Gasteiger charge is 2.17. The summed E-state index contributed by atoms with van der Waals surface area (Å²) in [6.45, 7) is 0.574. The number of hydrogen-bond donors (Lipinski definition) is 2. The Hall–Kier alpha value is -2.58. The van der Waals surface area contributed by atoms with Crippen molar-refractivity contribution in [1.82, 2.24) is 5.32 Å². The summed E-state index contributed by atoms with van der Waals surface area (Å²) < 4.78 is 5.40. The molecule has 0 aliphatic rings. The number of rotatable bonds is 6. The number of unbranched alkanes of at least 4 members (excludes halogenated alkanes) is 1. The van der Waals surface area contributed by atoms with Crippen molar-refractivity contribution in [2.75, 3.05) is 20.3 Å². The van der Waals surface area contributed by atoms with Crippen molar-refractivity contribution in [1.29, 1.82) is 5.26 Å². The molecule has 5 heteroatoms. The highest BCUT2D eigenvalue weighted by atomic mass is 16.5. The van der Waals surface area contributed by atoms with E-state index in [1.807, 2.05) is 24.3 Å². The van der Waals surface area contributed by atoms with E-state index in [0.717, 1.165) is 10.8 Å². The molecule has 2 aromatic rings. The number of methoxy groups -OCH3 is 1. The van der Waals surface area contributed by atoms with E-state index < -0.39 is 0 Å². The predicted octanol–water partition coefficient (Wildman–Crippen LogP) is 2.22. The van der Waals surface area contributed by atoms with Crippen LogP contribution < -0.4 is 10.1 Å². The Morgan fingerprint density at radius 3 is 2.68 bits per heavy atom. The molecule has 0 heterocycles. The van der Waals surface area contributed by atoms with Gasteiger partial charge in [-0.3, -0.25) is 4.79 Å². The molecule has 0 fully saturated rings. The second kappa shape index (κ2) is 7.43. The zero-order valence-corrected chi connectivity index (χ0v) is 12.4. The Balaban J connectivity index is 2.40. The molecule has 0 aliphatic carbocycles. The number of ether oxygens (including phenoxy) is 1. The van der Waals surface area contributed by atoms with Gasteiger partial charge in [-0.25, -0.2) is 0 Å². The van der Waals surface area contributed by atoms with Crippen LogP contribution in [0.1, 0.15) is 28.8 Å². The molecule has 1 amide bonds. The summed E-state index contributed by atoms with van der Waals surface area (Å²) in [5.74, 6) is 0.186. The third kappa shape index (κ3) is 3.18. The third-order valence-electron chi connectivity index (χ3n) is 3.43. The third-order valence-corrected chi connectivity index (χ3v) is 3.43. The zero-order valence-electron chi connectivity index (χ0n) is 12.4. The van der Waals surface area contributed by atoms with Gasteiger partial charge in [-0.05, 0) is 18.9 Å². The molecule has 2 aromatic carbocycles. The van der Waals surface area contributed by atoms with Gasteiger partial charge in [-0.2, -0.15) is 5.26 Å². The molecule has 5 nitrogen and oxygen atoms in total. The average Bonchev–Trinajstić information content (AvgIpc) is 2.56. The summed E-state index contributed by atoms with van der Waals surface area (Å²) in [5, 5.41) is 22.3. The van der Waals surface area contributed by atoms with E-state index in [-0.39, 0.29) is 12.5 Å². The molecule has 0 aliphatic heterocycles. The summed E-state index contributed by atoms with van der Waals surface area (Å²) in [5.41, 5.74) is 0.790. The summed E-state index contributed by atoms with van der Waals surface area (Å²) >= 11 is 0. The predicted molar refractivity (Wildman–Crippen MR) is 83.9 cm³/mol. The molecule has 0 spiro atoms. The average molecular weight is 298 g/mol. The molecule has 0 aromatic heterocycles. The Labute approximate surface area is 129 Å². The molecule has 22 heavy (non-hydrogen) atoms. The Morgan fingerprint density at radius 1 is 1.32 bits per heavy atom. The first-order valence-electron chi connectivity index (χ1n) is 7.11. The van der Waals surface area contributed by atoms with Gasteiger partial charge in [0.25, 0.3) is 5.91 Å². The first-order chi connectivity index (χ1) is 10.7. The normalized spacial score (nSPS) is 10.2. The van der Waals surface area contributed by atoms with Gasteiger partial charge in [-0.15, -0.1) is 0 Å². The second-order valence-electron chi connectivity index (χ2n) is 4.85. The summed E-state index contributed by atoms with van der Waals surface area (Å²) in [6, 6.07) is 11.0. The number of nitrogens with one attached hydrogen (secondary N) is 1. The maximum atomic E-state index is 12.3. The van der Waals surface area contributed by atoms with Crippen LogP contribution in [0.15, 0.2) is 30.3 Å². The highest BCUT2D eigenvalue weighted by Crippen LogP contribution is 2.32. The van der Waals surface area contributed by atoms with Crippen molar-refractivity contribution in [3.8, 4) is 11.8 Å². The Bertz CT molecular complexity index is 720. The maximum Gasteiger partial charge on any atom is 0.255 e. The van der Waals surface area contributed by atoms with Crippen LogP contribution in [0.2, 0.25) is 0 Å². The van der Waals surface area contributed by atoms with Crippen molar-refractivity contribution >= 4 is 16.7 Å². The lowest BCUT2D eigenvalue weighted by Gasteiger charge is -2.13. The fraction of sp³-hybridized carbons (Fsp3) is 0.294. The van der Waals surface area contributed by atoms with Gasteiger partial charge in [0.05, 0.1) is 24.3 Å². The molecule has 0 bridgehead atoms. The van der Waals surface area contributed by atoms with E-state index in [4.69, 9.17) is 9.84 Å². The molecule has 0 radical (unpaired) electrons. The lowest BCUT2D eigenvalue weighted by molar-refractivity contribution is 0.0949. The maximum absolute atomic E-state index is 12.3. The minimum atomic E-state index is -0.281. The van der Waals surface area contributed by atoms with Crippen LogP contribution in [0.5, 0.6) is 5.75 Å². The lowest BCUT2D eigenvalue weighted by Crippen LogP contribution is -2.25. The van der Waals surface area contributed by atoms with E-state index in [2.05, 4.69) is 11.4 Å². The van der Waals surface area contributed by atoms with Gasteiger partial charge < -0.3 is 15.2 Å². The number of nitriles is 1. The van der Waals surface area contributed by atoms with E-state index in [0.29, 0.717) is 36.3 Å². The molecule has 0 saturated heterocycles. The largest absolute Gasteiger partial charge is 0.495 e. The standard InChI is InChI=1S/C17H18N2O3/c1-22-16-14-7-3-2-6-13(14)12(11-18)10-15(16)17(21)19-8-4-5-9-20/h2-3,6-7,10,20H,4-5,8-9H2,1H3,(H,19,21). The SMILES string of the molecule is COc1c(C(=O)NCCCCO)cc(C#N)c2ccccc12. The van der Waals surface area contributed by atoms with E-state index in [9.17, 15) is 10.1 Å².